The number of nitriles is 1. The van der Waals surface area contributed by atoms with Gasteiger partial charge >= 0.3 is 0 Å². The molecule has 140 valence electrons. The van der Waals surface area contributed by atoms with Gasteiger partial charge < -0.3 is 4.57 Å². The first kappa shape index (κ1) is 20.3. The van der Waals surface area contributed by atoms with Gasteiger partial charge in [0.25, 0.3) is 11.8 Å². The maximum absolute atomic E-state index is 12.3. The SMILES string of the molecule is CCCn1c(C)cc(/C=C(\C#N)C(=O)NNC(=O)c2ccccc2Cl)c1C. The molecule has 0 spiro atoms. The molecule has 0 aliphatic heterocycles. The highest BCUT2D eigenvalue weighted by atomic mass is 35.5. The number of amides is 2. The van der Waals surface area contributed by atoms with Crippen LogP contribution in [0, 0.1) is 25.2 Å². The summed E-state index contributed by atoms with van der Waals surface area (Å²) >= 11 is 5.95. The van der Waals surface area contributed by atoms with Crippen LogP contribution in [0.4, 0.5) is 0 Å². The molecule has 0 bridgehead atoms. The third kappa shape index (κ3) is 4.78. The van der Waals surface area contributed by atoms with Gasteiger partial charge in [-0.15, -0.1) is 0 Å². The number of aryl methyl sites for hydroxylation is 1. The lowest BCUT2D eigenvalue weighted by Crippen LogP contribution is -2.42. The minimum atomic E-state index is -0.696. The molecule has 0 saturated heterocycles. The number of hydrazine groups is 1. The number of rotatable bonds is 5. The van der Waals surface area contributed by atoms with E-state index in [0.717, 1.165) is 29.9 Å². The van der Waals surface area contributed by atoms with E-state index in [4.69, 9.17) is 11.6 Å². The molecule has 1 heterocycles. The van der Waals surface area contributed by atoms with Crippen molar-refractivity contribution in [1.29, 1.82) is 5.26 Å². The summed E-state index contributed by atoms with van der Waals surface area (Å²) in [6, 6.07) is 10.3. The predicted octanol–water partition coefficient (Wildman–Crippen LogP) is 3.54. The second-order valence-corrected chi connectivity index (χ2v) is 6.44. The highest BCUT2D eigenvalue weighted by molar-refractivity contribution is 6.33. The minimum absolute atomic E-state index is 0.105. The highest BCUT2D eigenvalue weighted by Crippen LogP contribution is 2.19. The van der Waals surface area contributed by atoms with Crippen molar-refractivity contribution in [2.24, 2.45) is 0 Å². The fourth-order valence-electron chi connectivity index (χ4n) is 2.74. The van der Waals surface area contributed by atoms with Crippen molar-refractivity contribution in [3.63, 3.8) is 0 Å². The van der Waals surface area contributed by atoms with Crippen LogP contribution in [0.5, 0.6) is 0 Å². The molecule has 1 aromatic heterocycles. The minimum Gasteiger partial charge on any atom is -0.349 e. The largest absolute Gasteiger partial charge is 0.349 e. The second-order valence-electron chi connectivity index (χ2n) is 6.04. The molecular weight excluding hydrogens is 364 g/mol. The maximum Gasteiger partial charge on any atom is 0.280 e. The number of nitrogens with one attached hydrogen (secondary N) is 2. The van der Waals surface area contributed by atoms with Gasteiger partial charge in [0.05, 0.1) is 10.6 Å². The molecule has 0 atom stereocenters. The zero-order valence-electron chi connectivity index (χ0n) is 15.5. The number of halogens is 1. The highest BCUT2D eigenvalue weighted by Gasteiger charge is 2.15. The molecule has 0 fully saturated rings. The van der Waals surface area contributed by atoms with Gasteiger partial charge in [-0.2, -0.15) is 5.26 Å². The summed E-state index contributed by atoms with van der Waals surface area (Å²) in [6.07, 6.45) is 2.50. The molecule has 2 amide bonds. The Balaban J connectivity index is 2.14. The van der Waals surface area contributed by atoms with Gasteiger partial charge in [-0.3, -0.25) is 20.4 Å². The summed E-state index contributed by atoms with van der Waals surface area (Å²) in [5.74, 6) is -1.26. The number of hydrogen-bond donors (Lipinski definition) is 2. The molecule has 2 N–H and O–H groups in total. The van der Waals surface area contributed by atoms with Gasteiger partial charge in [0.1, 0.15) is 11.6 Å². The second kappa shape index (κ2) is 9.06. The molecule has 0 saturated carbocycles. The van der Waals surface area contributed by atoms with Crippen LogP contribution in [0.15, 0.2) is 35.9 Å². The average molecular weight is 385 g/mol. The number of carbonyl (C=O) groups excluding carboxylic acids is 2. The van der Waals surface area contributed by atoms with E-state index in [1.54, 1.807) is 18.2 Å². The van der Waals surface area contributed by atoms with E-state index in [1.165, 1.54) is 12.1 Å². The van der Waals surface area contributed by atoms with Crippen molar-refractivity contribution >= 4 is 29.5 Å². The Hall–Kier alpha value is -3.04. The normalized spacial score (nSPS) is 11.0. The summed E-state index contributed by atoms with van der Waals surface area (Å²) in [7, 11) is 0. The number of hydrogen-bond acceptors (Lipinski definition) is 3. The van der Waals surface area contributed by atoms with Crippen LogP contribution in [0.3, 0.4) is 0 Å². The van der Waals surface area contributed by atoms with Crippen LogP contribution in [-0.2, 0) is 11.3 Å². The third-order valence-electron chi connectivity index (χ3n) is 4.13. The predicted molar refractivity (Wildman–Crippen MR) is 105 cm³/mol. The molecule has 0 aliphatic carbocycles. The molecule has 0 unspecified atom stereocenters. The molecule has 0 aliphatic rings. The molecule has 7 heteroatoms. The van der Waals surface area contributed by atoms with E-state index in [-0.39, 0.29) is 16.2 Å². The van der Waals surface area contributed by atoms with Crippen LogP contribution in [0.1, 0.15) is 40.7 Å². The van der Waals surface area contributed by atoms with E-state index < -0.39 is 11.8 Å². The van der Waals surface area contributed by atoms with Crippen molar-refractivity contribution in [1.82, 2.24) is 15.4 Å². The van der Waals surface area contributed by atoms with Crippen LogP contribution in [-0.4, -0.2) is 16.4 Å². The van der Waals surface area contributed by atoms with E-state index in [9.17, 15) is 14.9 Å². The Morgan fingerprint density at radius 3 is 2.59 bits per heavy atom. The zero-order chi connectivity index (χ0) is 20.0. The Morgan fingerprint density at radius 1 is 1.26 bits per heavy atom. The fourth-order valence-corrected chi connectivity index (χ4v) is 2.96. The van der Waals surface area contributed by atoms with Crippen LogP contribution in [0.2, 0.25) is 5.02 Å². The molecule has 1 aromatic carbocycles. The standard InChI is InChI=1S/C20H21ClN4O2/c1-4-9-25-13(2)10-15(14(25)3)11-16(12-22)19(26)23-24-20(27)17-7-5-6-8-18(17)21/h5-8,10-11H,4,9H2,1-3H3,(H,23,26)(H,24,27)/b16-11+. The summed E-state index contributed by atoms with van der Waals surface area (Å²) in [5.41, 5.74) is 7.48. The van der Waals surface area contributed by atoms with Crippen LogP contribution < -0.4 is 10.9 Å². The topological polar surface area (TPSA) is 86.9 Å². The van der Waals surface area contributed by atoms with E-state index >= 15 is 0 Å². The average Bonchev–Trinajstić information content (AvgIpc) is 2.92. The van der Waals surface area contributed by atoms with Gasteiger partial charge in [0, 0.05) is 17.9 Å². The summed E-state index contributed by atoms with van der Waals surface area (Å²) in [4.78, 5) is 24.4. The molecule has 0 radical (unpaired) electrons. The van der Waals surface area contributed by atoms with Gasteiger partial charge in [0.2, 0.25) is 0 Å². The Morgan fingerprint density at radius 2 is 1.96 bits per heavy atom. The van der Waals surface area contributed by atoms with Gasteiger partial charge in [-0.05, 0) is 50.1 Å². The van der Waals surface area contributed by atoms with Crippen molar-refractivity contribution in [3.8, 4) is 6.07 Å². The van der Waals surface area contributed by atoms with Gasteiger partial charge in [0.15, 0.2) is 0 Å². The van der Waals surface area contributed by atoms with Crippen LogP contribution >= 0.6 is 11.6 Å². The van der Waals surface area contributed by atoms with Crippen molar-refractivity contribution < 1.29 is 9.59 Å². The Kier molecular flexibility index (Phi) is 6.80. The third-order valence-corrected chi connectivity index (χ3v) is 4.46. The van der Waals surface area contributed by atoms with E-state index in [2.05, 4.69) is 22.3 Å². The number of aromatic nitrogens is 1. The maximum atomic E-state index is 12.3. The monoisotopic (exact) mass is 384 g/mol. The number of carbonyl (C=O) groups is 2. The number of nitrogens with zero attached hydrogens (tertiary/aromatic N) is 2. The fraction of sp³-hybridized carbons (Fsp3) is 0.250. The lowest BCUT2D eigenvalue weighted by molar-refractivity contribution is -0.117. The first-order chi connectivity index (χ1) is 12.9. The van der Waals surface area contributed by atoms with Crippen molar-refractivity contribution in [2.75, 3.05) is 0 Å². The molecule has 2 aromatic rings. The van der Waals surface area contributed by atoms with Gasteiger partial charge in [-0.1, -0.05) is 30.7 Å². The molecule has 27 heavy (non-hydrogen) atoms. The van der Waals surface area contributed by atoms with Crippen LogP contribution in [0.25, 0.3) is 6.08 Å². The summed E-state index contributed by atoms with van der Waals surface area (Å²) in [5, 5.41) is 9.60. The Bertz CT molecular complexity index is 938. The number of benzene rings is 1. The van der Waals surface area contributed by atoms with Crippen molar-refractivity contribution in [2.45, 2.75) is 33.7 Å². The first-order valence-electron chi connectivity index (χ1n) is 8.52. The Labute approximate surface area is 163 Å². The molecule has 2 rings (SSSR count). The summed E-state index contributed by atoms with van der Waals surface area (Å²) in [6.45, 7) is 6.88. The van der Waals surface area contributed by atoms with E-state index in [0.29, 0.717) is 0 Å². The summed E-state index contributed by atoms with van der Waals surface area (Å²) < 4.78 is 2.14. The zero-order valence-corrected chi connectivity index (χ0v) is 16.2. The lowest BCUT2D eigenvalue weighted by Gasteiger charge is -2.08. The molecule has 6 nitrogen and oxygen atoms in total. The van der Waals surface area contributed by atoms with Crippen molar-refractivity contribution in [3.05, 3.63) is 63.4 Å². The quantitative estimate of drug-likeness (QED) is 0.469. The van der Waals surface area contributed by atoms with E-state index in [1.807, 2.05) is 26.0 Å². The smallest absolute Gasteiger partial charge is 0.280 e. The van der Waals surface area contributed by atoms with Gasteiger partial charge in [-0.25, -0.2) is 0 Å². The first-order valence-corrected chi connectivity index (χ1v) is 8.90. The molecular formula is C20H21ClN4O2. The lowest BCUT2D eigenvalue weighted by atomic mass is 10.1.